The lowest BCUT2D eigenvalue weighted by molar-refractivity contribution is -0.187. The number of aromatic nitrogens is 2. The van der Waals surface area contributed by atoms with Crippen molar-refractivity contribution >= 4 is 10.0 Å². The lowest BCUT2D eigenvalue weighted by Crippen LogP contribution is -2.47. The molecule has 2 rings (SSSR count). The summed E-state index contributed by atoms with van der Waals surface area (Å²) in [6.07, 6.45) is -0.690. The van der Waals surface area contributed by atoms with Crippen LogP contribution < -0.4 is 4.72 Å². The zero-order chi connectivity index (χ0) is 16.5. The van der Waals surface area contributed by atoms with Gasteiger partial charge in [0.2, 0.25) is 10.0 Å². The minimum Gasteiger partial charge on any atom is -0.269 e. The van der Waals surface area contributed by atoms with Crippen LogP contribution in [0.4, 0.5) is 13.2 Å². The van der Waals surface area contributed by atoms with Crippen molar-refractivity contribution in [1.82, 2.24) is 14.5 Å². The van der Waals surface area contributed by atoms with Gasteiger partial charge < -0.3 is 0 Å². The van der Waals surface area contributed by atoms with Crippen LogP contribution in [0, 0.1) is 5.92 Å². The fourth-order valence-electron chi connectivity index (χ4n) is 2.67. The van der Waals surface area contributed by atoms with Crippen molar-refractivity contribution in [3.63, 3.8) is 0 Å². The standard InChI is InChI=1S/C13H20F3N3O2S/c1-9(2)19-8-10(7-17-19)22(20,21)18-12-6-4-3-5-11(12)13(14,15)16/h7-9,11-12,18H,3-6H2,1-2H3/t11-,12+/m1/s1. The van der Waals surface area contributed by atoms with Gasteiger partial charge in [-0.1, -0.05) is 12.8 Å². The Labute approximate surface area is 127 Å². The Balaban J connectivity index is 2.19. The van der Waals surface area contributed by atoms with Gasteiger partial charge in [-0.3, -0.25) is 4.68 Å². The summed E-state index contributed by atoms with van der Waals surface area (Å²) in [4.78, 5) is -0.104. The monoisotopic (exact) mass is 339 g/mol. The number of nitrogens with zero attached hydrogens (tertiary/aromatic N) is 2. The molecule has 1 aliphatic rings. The van der Waals surface area contributed by atoms with Crippen LogP contribution in [0.15, 0.2) is 17.3 Å². The summed E-state index contributed by atoms with van der Waals surface area (Å²) in [5.74, 6) is -1.63. The maximum atomic E-state index is 13.0. The topological polar surface area (TPSA) is 64.0 Å². The van der Waals surface area contributed by atoms with E-state index in [9.17, 15) is 21.6 Å². The molecular weight excluding hydrogens is 319 g/mol. The van der Waals surface area contributed by atoms with Crippen molar-refractivity contribution in [3.05, 3.63) is 12.4 Å². The fraction of sp³-hybridized carbons (Fsp3) is 0.769. The van der Waals surface area contributed by atoms with Gasteiger partial charge in [-0.2, -0.15) is 18.3 Å². The van der Waals surface area contributed by atoms with Crippen molar-refractivity contribution in [1.29, 1.82) is 0 Å². The van der Waals surface area contributed by atoms with E-state index in [-0.39, 0.29) is 23.8 Å². The van der Waals surface area contributed by atoms with Crippen LogP contribution in [-0.4, -0.2) is 30.4 Å². The molecule has 0 saturated heterocycles. The summed E-state index contributed by atoms with van der Waals surface area (Å²) < 4.78 is 67.3. The van der Waals surface area contributed by atoms with E-state index in [0.29, 0.717) is 12.8 Å². The van der Waals surface area contributed by atoms with Crippen LogP contribution in [0.3, 0.4) is 0 Å². The maximum Gasteiger partial charge on any atom is 0.393 e. The van der Waals surface area contributed by atoms with E-state index in [0.717, 1.165) is 6.20 Å². The Morgan fingerprint density at radius 1 is 1.32 bits per heavy atom. The molecule has 1 aliphatic carbocycles. The van der Waals surface area contributed by atoms with Gasteiger partial charge in [0.1, 0.15) is 4.90 Å². The van der Waals surface area contributed by atoms with Crippen molar-refractivity contribution in [2.45, 2.75) is 62.7 Å². The molecule has 0 aromatic carbocycles. The molecule has 0 bridgehead atoms. The second kappa shape index (κ2) is 6.19. The van der Waals surface area contributed by atoms with Gasteiger partial charge in [0.15, 0.2) is 0 Å². The molecule has 0 aliphatic heterocycles. The first-order valence-corrected chi connectivity index (χ1v) is 8.73. The first kappa shape index (κ1) is 17.3. The van der Waals surface area contributed by atoms with Gasteiger partial charge >= 0.3 is 6.18 Å². The fourth-order valence-corrected chi connectivity index (χ4v) is 3.92. The number of halogens is 3. The molecule has 0 amide bonds. The zero-order valence-corrected chi connectivity index (χ0v) is 13.3. The third-order valence-corrected chi connectivity index (χ3v) is 5.35. The summed E-state index contributed by atoms with van der Waals surface area (Å²) in [6, 6.07) is -1.14. The van der Waals surface area contributed by atoms with Gasteiger partial charge in [0.25, 0.3) is 0 Å². The summed E-state index contributed by atoms with van der Waals surface area (Å²) in [5.41, 5.74) is 0. The molecule has 0 spiro atoms. The SMILES string of the molecule is CC(C)n1cc(S(=O)(=O)N[C@H]2CCCC[C@H]2C(F)(F)F)cn1. The lowest BCUT2D eigenvalue weighted by Gasteiger charge is -2.33. The van der Waals surface area contributed by atoms with Crippen LogP contribution in [-0.2, 0) is 10.0 Å². The average Bonchev–Trinajstić information content (AvgIpc) is 2.88. The summed E-state index contributed by atoms with van der Waals surface area (Å²) in [5, 5.41) is 3.92. The van der Waals surface area contributed by atoms with Crippen molar-refractivity contribution < 1.29 is 21.6 Å². The van der Waals surface area contributed by atoms with Crippen LogP contribution >= 0.6 is 0 Å². The van der Waals surface area contributed by atoms with E-state index in [4.69, 9.17) is 0 Å². The summed E-state index contributed by atoms with van der Waals surface area (Å²) >= 11 is 0. The molecule has 9 heteroatoms. The molecular formula is C13H20F3N3O2S. The highest BCUT2D eigenvalue weighted by atomic mass is 32.2. The molecule has 1 N–H and O–H groups in total. The minimum atomic E-state index is -4.39. The zero-order valence-electron chi connectivity index (χ0n) is 12.5. The molecule has 0 unspecified atom stereocenters. The molecule has 1 fully saturated rings. The van der Waals surface area contributed by atoms with E-state index in [1.807, 2.05) is 13.8 Å². The third-order valence-electron chi connectivity index (χ3n) is 3.91. The normalized spacial score (nSPS) is 23.9. The summed E-state index contributed by atoms with van der Waals surface area (Å²) in [6.45, 7) is 3.66. The second-order valence-electron chi connectivity index (χ2n) is 5.91. The Morgan fingerprint density at radius 2 is 1.95 bits per heavy atom. The smallest absolute Gasteiger partial charge is 0.269 e. The number of rotatable bonds is 4. The molecule has 5 nitrogen and oxygen atoms in total. The van der Waals surface area contributed by atoms with E-state index in [1.54, 1.807) is 0 Å². The Hall–Kier alpha value is -1.09. The average molecular weight is 339 g/mol. The first-order chi connectivity index (χ1) is 10.1. The number of alkyl halides is 3. The van der Waals surface area contributed by atoms with Gasteiger partial charge in [0, 0.05) is 18.3 Å². The van der Waals surface area contributed by atoms with E-state index >= 15 is 0 Å². The Bertz CT molecular complexity index is 610. The molecule has 1 aromatic rings. The first-order valence-electron chi connectivity index (χ1n) is 7.24. The highest BCUT2D eigenvalue weighted by Gasteiger charge is 2.46. The highest BCUT2D eigenvalue weighted by Crippen LogP contribution is 2.38. The number of hydrogen-bond acceptors (Lipinski definition) is 3. The predicted octanol–water partition coefficient (Wildman–Crippen LogP) is 2.86. The molecule has 1 aromatic heterocycles. The van der Waals surface area contributed by atoms with Crippen molar-refractivity contribution in [2.24, 2.45) is 5.92 Å². The summed E-state index contributed by atoms with van der Waals surface area (Å²) in [7, 11) is -4.00. The quantitative estimate of drug-likeness (QED) is 0.917. The lowest BCUT2D eigenvalue weighted by atomic mass is 9.85. The predicted molar refractivity (Wildman–Crippen MR) is 74.7 cm³/mol. The second-order valence-corrected chi connectivity index (χ2v) is 7.62. The Morgan fingerprint density at radius 3 is 2.50 bits per heavy atom. The van der Waals surface area contributed by atoms with Crippen LogP contribution in [0.2, 0.25) is 0 Å². The van der Waals surface area contributed by atoms with Gasteiger partial charge in [-0.15, -0.1) is 0 Å². The number of sulfonamides is 1. The number of hydrogen-bond donors (Lipinski definition) is 1. The van der Waals surface area contributed by atoms with Gasteiger partial charge in [0.05, 0.1) is 12.1 Å². The van der Waals surface area contributed by atoms with Crippen molar-refractivity contribution in [3.8, 4) is 0 Å². The third kappa shape index (κ3) is 3.81. The maximum absolute atomic E-state index is 13.0. The van der Waals surface area contributed by atoms with E-state index < -0.39 is 28.2 Å². The molecule has 2 atom stereocenters. The Kier molecular flexibility index (Phi) is 4.86. The van der Waals surface area contributed by atoms with E-state index in [2.05, 4.69) is 9.82 Å². The molecule has 1 heterocycles. The van der Waals surface area contributed by atoms with E-state index in [1.165, 1.54) is 10.9 Å². The highest BCUT2D eigenvalue weighted by molar-refractivity contribution is 7.89. The van der Waals surface area contributed by atoms with Gasteiger partial charge in [-0.05, 0) is 26.7 Å². The van der Waals surface area contributed by atoms with Crippen molar-refractivity contribution in [2.75, 3.05) is 0 Å². The molecule has 1 saturated carbocycles. The molecule has 126 valence electrons. The minimum absolute atomic E-state index is 0.0263. The number of nitrogens with one attached hydrogen (secondary N) is 1. The van der Waals surface area contributed by atoms with Gasteiger partial charge in [-0.25, -0.2) is 13.1 Å². The van der Waals surface area contributed by atoms with Crippen LogP contribution in [0.25, 0.3) is 0 Å². The molecule has 0 radical (unpaired) electrons. The van der Waals surface area contributed by atoms with Crippen LogP contribution in [0.5, 0.6) is 0 Å². The molecule has 22 heavy (non-hydrogen) atoms. The van der Waals surface area contributed by atoms with Crippen LogP contribution in [0.1, 0.15) is 45.6 Å². The largest absolute Gasteiger partial charge is 0.393 e.